The van der Waals surface area contributed by atoms with E-state index in [9.17, 15) is 13.0 Å². The van der Waals surface area contributed by atoms with Crippen molar-refractivity contribution >= 4 is 22.0 Å². The minimum absolute atomic E-state index is 0.256. The molecule has 1 aromatic heterocycles. The highest BCUT2D eigenvalue weighted by atomic mass is 32.2. The molecular weight excluding hydrogens is 336 g/mol. The zero-order valence-corrected chi connectivity index (χ0v) is 14.1. The van der Waals surface area contributed by atoms with Crippen LogP contribution in [0.3, 0.4) is 0 Å². The molecule has 0 radical (unpaired) electrons. The van der Waals surface area contributed by atoms with Gasteiger partial charge in [0.15, 0.2) is 18.9 Å². The Balaban J connectivity index is 1.67. The first kappa shape index (κ1) is 17.0. The maximum atomic E-state index is 10.9. The Morgan fingerprint density at radius 1 is 0.920 bits per heavy atom. The summed E-state index contributed by atoms with van der Waals surface area (Å²) in [5, 5.41) is 0. The molecule has 0 N–H and O–H groups in total. The third-order valence-electron chi connectivity index (χ3n) is 3.61. The van der Waals surface area contributed by atoms with Gasteiger partial charge in [0.25, 0.3) is 0 Å². The summed E-state index contributed by atoms with van der Waals surface area (Å²) < 4.78 is 34.7. The number of hydrogen-bond acceptors (Lipinski definition) is 4. The molecule has 0 aliphatic rings. The summed E-state index contributed by atoms with van der Waals surface area (Å²) in [7, 11) is -4.42. The molecule has 5 nitrogen and oxygen atoms in total. The highest BCUT2D eigenvalue weighted by Crippen LogP contribution is 2.16. The molecule has 0 amide bonds. The maximum absolute atomic E-state index is 10.9. The van der Waals surface area contributed by atoms with Gasteiger partial charge >= 0.3 is 0 Å². The van der Waals surface area contributed by atoms with E-state index in [-0.39, 0.29) is 4.90 Å². The molecule has 0 fully saturated rings. The summed E-state index contributed by atoms with van der Waals surface area (Å²) in [6, 6.07) is 19.6. The van der Waals surface area contributed by atoms with Crippen LogP contribution in [0.2, 0.25) is 0 Å². The third-order valence-corrected chi connectivity index (χ3v) is 4.46. The van der Waals surface area contributed by atoms with Crippen molar-refractivity contribution in [2.45, 2.75) is 11.4 Å². The Bertz CT molecular complexity index is 965. The molecule has 0 spiro atoms. The second-order valence-corrected chi connectivity index (χ2v) is 6.88. The predicted molar refractivity (Wildman–Crippen MR) is 93.8 cm³/mol. The Kier molecular flexibility index (Phi) is 5.02. The van der Waals surface area contributed by atoms with Gasteiger partial charge in [0.1, 0.15) is 10.1 Å². The smallest absolute Gasteiger partial charge is 0.173 e. The van der Waals surface area contributed by atoms with Gasteiger partial charge in [-0.15, -0.1) is 0 Å². The fourth-order valence-corrected chi connectivity index (χ4v) is 2.77. The molecule has 0 aliphatic carbocycles. The zero-order valence-electron chi connectivity index (χ0n) is 13.3. The summed E-state index contributed by atoms with van der Waals surface area (Å²) in [5.41, 5.74) is 2.72. The van der Waals surface area contributed by atoms with Gasteiger partial charge in [-0.25, -0.2) is 13.0 Å². The summed E-state index contributed by atoms with van der Waals surface area (Å²) in [6.07, 6.45) is 5.64. The monoisotopic (exact) mass is 352 g/mol. The van der Waals surface area contributed by atoms with Gasteiger partial charge in [0.05, 0.1) is 10.6 Å². The molecular formula is C19H16N2O3S. The van der Waals surface area contributed by atoms with E-state index in [4.69, 9.17) is 0 Å². The van der Waals surface area contributed by atoms with Crippen LogP contribution in [0.4, 0.5) is 5.69 Å². The largest absolute Gasteiger partial charge is 0.744 e. The molecule has 3 rings (SSSR count). The Morgan fingerprint density at radius 3 is 2.16 bits per heavy atom. The van der Waals surface area contributed by atoms with E-state index in [2.05, 4.69) is 21.7 Å². The van der Waals surface area contributed by atoms with E-state index in [1.54, 1.807) is 6.21 Å². The molecule has 0 saturated carbocycles. The van der Waals surface area contributed by atoms with E-state index < -0.39 is 10.1 Å². The second kappa shape index (κ2) is 7.38. The van der Waals surface area contributed by atoms with Gasteiger partial charge in [-0.3, -0.25) is 4.99 Å². The fourth-order valence-electron chi connectivity index (χ4n) is 2.30. The van der Waals surface area contributed by atoms with Crippen LogP contribution >= 0.6 is 0 Å². The maximum Gasteiger partial charge on any atom is 0.173 e. The lowest BCUT2D eigenvalue weighted by Crippen LogP contribution is -2.33. The highest BCUT2D eigenvalue weighted by Gasteiger charge is 2.02. The minimum Gasteiger partial charge on any atom is -0.744 e. The first-order valence-electron chi connectivity index (χ1n) is 7.64. The number of benzene rings is 2. The average Bonchev–Trinajstić information content (AvgIpc) is 2.62. The van der Waals surface area contributed by atoms with E-state index in [0.717, 1.165) is 12.1 Å². The molecule has 0 bridgehead atoms. The summed E-state index contributed by atoms with van der Waals surface area (Å²) >= 11 is 0. The van der Waals surface area contributed by atoms with Gasteiger partial charge in [-0.2, -0.15) is 0 Å². The van der Waals surface area contributed by atoms with Crippen molar-refractivity contribution < 1.29 is 17.5 Å². The van der Waals surface area contributed by atoms with Crippen molar-refractivity contribution in [3.8, 4) is 0 Å². The molecule has 0 atom stereocenters. The van der Waals surface area contributed by atoms with Crippen LogP contribution in [-0.2, 0) is 16.7 Å². The van der Waals surface area contributed by atoms with Crippen molar-refractivity contribution in [3.63, 3.8) is 0 Å². The third kappa shape index (κ3) is 4.82. The van der Waals surface area contributed by atoms with Crippen LogP contribution in [0.15, 0.2) is 89.0 Å². The lowest BCUT2D eigenvalue weighted by molar-refractivity contribution is -0.688. The minimum atomic E-state index is -4.42. The quantitative estimate of drug-likeness (QED) is 0.402. The van der Waals surface area contributed by atoms with Gasteiger partial charge in [0.2, 0.25) is 0 Å². The number of aromatic nitrogens is 1. The SMILES string of the molecule is O=S(=O)([O-])c1ccc(N=Cc2cc[n+](Cc3ccccc3)cc2)cc1. The molecule has 0 aliphatic heterocycles. The van der Waals surface area contributed by atoms with Crippen molar-refractivity contribution in [1.29, 1.82) is 0 Å². The first-order chi connectivity index (χ1) is 12.0. The predicted octanol–water partition coefficient (Wildman–Crippen LogP) is 2.68. The van der Waals surface area contributed by atoms with Crippen molar-refractivity contribution in [1.82, 2.24) is 0 Å². The van der Waals surface area contributed by atoms with Gasteiger partial charge in [-0.05, 0) is 24.3 Å². The molecule has 2 aromatic carbocycles. The lowest BCUT2D eigenvalue weighted by atomic mass is 10.2. The first-order valence-corrected chi connectivity index (χ1v) is 9.05. The molecule has 25 heavy (non-hydrogen) atoms. The van der Waals surface area contributed by atoms with Crippen molar-refractivity contribution in [3.05, 3.63) is 90.3 Å². The molecule has 0 saturated heterocycles. The number of pyridine rings is 1. The van der Waals surface area contributed by atoms with Crippen LogP contribution in [0, 0.1) is 0 Å². The van der Waals surface area contributed by atoms with Gasteiger partial charge < -0.3 is 4.55 Å². The highest BCUT2D eigenvalue weighted by molar-refractivity contribution is 7.85. The van der Waals surface area contributed by atoms with Crippen molar-refractivity contribution in [2.75, 3.05) is 0 Å². The standard InChI is InChI=1S/C19H16N2O3S/c22-25(23,24)19-8-6-18(7-9-19)20-14-16-10-12-21(13-11-16)15-17-4-2-1-3-5-17/h1-14H,15H2. The Labute approximate surface area is 146 Å². The molecule has 3 aromatic rings. The molecule has 1 heterocycles. The number of rotatable bonds is 5. The molecule has 126 valence electrons. The summed E-state index contributed by atoms with van der Waals surface area (Å²) in [5.74, 6) is 0. The van der Waals surface area contributed by atoms with Crippen molar-refractivity contribution in [2.24, 2.45) is 4.99 Å². The van der Waals surface area contributed by atoms with Crippen LogP contribution in [0.25, 0.3) is 0 Å². The van der Waals surface area contributed by atoms with Gasteiger partial charge in [-0.1, -0.05) is 30.3 Å². The zero-order chi connectivity index (χ0) is 17.7. The number of hydrogen-bond donors (Lipinski definition) is 0. The molecule has 0 unspecified atom stereocenters. The van der Waals surface area contributed by atoms with Gasteiger partial charge in [0, 0.05) is 29.5 Å². The van der Waals surface area contributed by atoms with E-state index in [1.807, 2.05) is 42.7 Å². The Morgan fingerprint density at radius 2 is 1.56 bits per heavy atom. The van der Waals surface area contributed by atoms with Crippen LogP contribution in [0.1, 0.15) is 11.1 Å². The number of aliphatic imine (C=N–C) groups is 1. The van der Waals surface area contributed by atoms with Crippen LogP contribution in [-0.4, -0.2) is 19.2 Å². The summed E-state index contributed by atoms with van der Waals surface area (Å²) in [6.45, 7) is 0.795. The Hall–Kier alpha value is -2.83. The van der Waals surface area contributed by atoms with Crippen LogP contribution < -0.4 is 4.57 Å². The normalized spacial score (nSPS) is 11.7. The van der Waals surface area contributed by atoms with E-state index in [0.29, 0.717) is 5.69 Å². The second-order valence-electron chi connectivity index (χ2n) is 5.50. The lowest BCUT2D eigenvalue weighted by Gasteiger charge is -2.05. The van der Waals surface area contributed by atoms with E-state index >= 15 is 0 Å². The topological polar surface area (TPSA) is 73.4 Å². The van der Waals surface area contributed by atoms with Crippen LogP contribution in [0.5, 0.6) is 0 Å². The number of nitrogens with zero attached hydrogens (tertiary/aromatic N) is 2. The summed E-state index contributed by atoms with van der Waals surface area (Å²) in [4.78, 5) is 4.03. The fraction of sp³-hybridized carbons (Fsp3) is 0.0526. The van der Waals surface area contributed by atoms with E-state index in [1.165, 1.54) is 29.8 Å². The molecule has 6 heteroatoms. The average molecular weight is 352 g/mol.